The zero-order chi connectivity index (χ0) is 24.5. The van der Waals surface area contributed by atoms with Gasteiger partial charge in [-0.25, -0.2) is 0 Å². The van der Waals surface area contributed by atoms with Crippen LogP contribution in [0.15, 0.2) is 0 Å². The highest BCUT2D eigenvalue weighted by molar-refractivity contribution is 5.99. The summed E-state index contributed by atoms with van der Waals surface area (Å²) in [6, 6.07) is 0. The Kier molecular flexibility index (Phi) is 9.33. The van der Waals surface area contributed by atoms with E-state index in [0.29, 0.717) is 6.42 Å². The maximum atomic E-state index is 13.8. The van der Waals surface area contributed by atoms with Crippen molar-refractivity contribution in [1.29, 1.82) is 0 Å². The highest BCUT2D eigenvalue weighted by atomic mass is 16.1. The SMILES string of the molecule is CCC(C)(C(=O)C(C)C(C)(C)C(=O)C(C)C(C)(CC)C(=O)C(C)C(C)(C)C)C(C)C. The van der Waals surface area contributed by atoms with E-state index in [9.17, 15) is 14.4 Å². The van der Waals surface area contributed by atoms with Crippen LogP contribution in [0.2, 0.25) is 0 Å². The van der Waals surface area contributed by atoms with Crippen LogP contribution in [0.1, 0.15) is 110 Å². The average Bonchev–Trinajstić information content (AvgIpc) is 2.67. The second kappa shape index (κ2) is 9.65. The number of Topliss-reactive ketones (excluding diaryl/α,β-unsaturated/α-hetero) is 3. The van der Waals surface area contributed by atoms with Crippen molar-refractivity contribution in [1.82, 2.24) is 0 Å². The van der Waals surface area contributed by atoms with Crippen LogP contribution in [0.5, 0.6) is 0 Å². The van der Waals surface area contributed by atoms with Gasteiger partial charge in [0.05, 0.1) is 0 Å². The number of carbonyl (C=O) groups is 3. The van der Waals surface area contributed by atoms with Crippen LogP contribution in [-0.2, 0) is 14.4 Å². The van der Waals surface area contributed by atoms with E-state index in [2.05, 4.69) is 34.6 Å². The van der Waals surface area contributed by atoms with Crippen LogP contribution in [0.3, 0.4) is 0 Å². The topological polar surface area (TPSA) is 51.2 Å². The molecule has 176 valence electrons. The normalized spacial score (nSPS) is 20.1. The predicted octanol–water partition coefficient (Wildman–Crippen LogP) is 7.16. The van der Waals surface area contributed by atoms with Gasteiger partial charge in [0.15, 0.2) is 0 Å². The number of rotatable bonds is 11. The lowest BCUT2D eigenvalue weighted by Gasteiger charge is -2.43. The predicted molar refractivity (Wildman–Crippen MR) is 127 cm³/mol. The molecule has 0 spiro atoms. The maximum absolute atomic E-state index is 13.8. The lowest BCUT2D eigenvalue weighted by molar-refractivity contribution is -0.152. The summed E-state index contributed by atoms with van der Waals surface area (Å²) < 4.78 is 0. The number of hydrogen-bond donors (Lipinski definition) is 0. The third kappa shape index (κ3) is 5.25. The van der Waals surface area contributed by atoms with Gasteiger partial charge in [-0.05, 0) is 24.2 Å². The minimum Gasteiger partial charge on any atom is -0.299 e. The lowest BCUT2D eigenvalue weighted by atomic mass is 9.57. The monoisotopic (exact) mass is 422 g/mol. The van der Waals surface area contributed by atoms with Crippen molar-refractivity contribution in [2.45, 2.75) is 110 Å². The van der Waals surface area contributed by atoms with Gasteiger partial charge in [-0.15, -0.1) is 0 Å². The summed E-state index contributed by atoms with van der Waals surface area (Å²) in [5.74, 6) is -0.482. The molecule has 0 rings (SSSR count). The molecule has 0 aliphatic heterocycles. The Labute approximate surface area is 187 Å². The first kappa shape index (κ1) is 29.0. The smallest absolute Gasteiger partial charge is 0.142 e. The number of ketones is 3. The zero-order valence-electron chi connectivity index (χ0n) is 22.4. The molecule has 3 heteroatoms. The molecule has 0 saturated heterocycles. The minimum atomic E-state index is -0.830. The van der Waals surface area contributed by atoms with E-state index in [1.807, 2.05) is 62.3 Å². The van der Waals surface area contributed by atoms with E-state index in [4.69, 9.17) is 0 Å². The van der Waals surface area contributed by atoms with Gasteiger partial charge in [0.2, 0.25) is 0 Å². The lowest BCUT2D eigenvalue weighted by Crippen LogP contribution is -2.51. The fourth-order valence-electron chi connectivity index (χ4n) is 4.33. The molecule has 0 aliphatic rings. The van der Waals surface area contributed by atoms with Crippen LogP contribution >= 0.6 is 0 Å². The van der Waals surface area contributed by atoms with Gasteiger partial charge >= 0.3 is 0 Å². The minimum absolute atomic E-state index is 0.0179. The summed E-state index contributed by atoms with van der Waals surface area (Å²) in [4.78, 5) is 40.8. The highest BCUT2D eigenvalue weighted by Crippen LogP contribution is 2.46. The van der Waals surface area contributed by atoms with Gasteiger partial charge < -0.3 is 0 Å². The molecular formula is C27H50O3. The first-order chi connectivity index (χ1) is 13.3. The summed E-state index contributed by atoms with van der Waals surface area (Å²) in [5, 5.41) is 0. The van der Waals surface area contributed by atoms with E-state index in [1.54, 1.807) is 0 Å². The number of hydrogen-bond acceptors (Lipinski definition) is 3. The van der Waals surface area contributed by atoms with Crippen molar-refractivity contribution >= 4 is 17.3 Å². The summed E-state index contributed by atoms with van der Waals surface area (Å²) in [6.07, 6.45) is 1.36. The standard InChI is InChI=1S/C27H50O3/c1-15-26(13,17(3)4)23(30)19(6)25(11,12)21(28)20(7)27(14,16-2)22(29)18(5)24(8,9)10/h17-20H,15-16H2,1-14H3. The molecule has 0 aromatic heterocycles. The van der Waals surface area contributed by atoms with Gasteiger partial charge in [0.1, 0.15) is 17.3 Å². The van der Waals surface area contributed by atoms with Gasteiger partial charge in [0.25, 0.3) is 0 Å². The van der Waals surface area contributed by atoms with E-state index in [1.165, 1.54) is 0 Å². The van der Waals surface area contributed by atoms with Crippen LogP contribution in [-0.4, -0.2) is 17.3 Å². The molecule has 0 aliphatic carbocycles. The Morgan fingerprint density at radius 3 is 1.23 bits per heavy atom. The summed E-state index contributed by atoms with van der Waals surface area (Å²) >= 11 is 0. The molecule has 0 aromatic rings. The third-order valence-electron chi connectivity index (χ3n) is 9.02. The molecule has 0 saturated carbocycles. The largest absolute Gasteiger partial charge is 0.299 e. The van der Waals surface area contributed by atoms with E-state index >= 15 is 0 Å². The molecule has 0 heterocycles. The highest BCUT2D eigenvalue weighted by Gasteiger charge is 2.51. The molecule has 30 heavy (non-hydrogen) atoms. The first-order valence-corrected chi connectivity index (χ1v) is 11.9. The second-order valence-corrected chi connectivity index (χ2v) is 12.0. The molecule has 0 amide bonds. The molecule has 5 unspecified atom stereocenters. The Morgan fingerprint density at radius 1 is 0.567 bits per heavy atom. The number of carbonyl (C=O) groups excluding carboxylic acids is 3. The first-order valence-electron chi connectivity index (χ1n) is 11.9. The van der Waals surface area contributed by atoms with Crippen LogP contribution in [0.4, 0.5) is 0 Å². The Balaban J connectivity index is 6.05. The molecular weight excluding hydrogens is 372 g/mol. The second-order valence-electron chi connectivity index (χ2n) is 12.0. The van der Waals surface area contributed by atoms with Crippen molar-refractivity contribution in [3.63, 3.8) is 0 Å². The molecule has 0 bridgehead atoms. The van der Waals surface area contributed by atoms with Crippen LogP contribution < -0.4 is 0 Å². The van der Waals surface area contributed by atoms with Gasteiger partial charge in [-0.1, -0.05) is 96.9 Å². The Bertz CT molecular complexity index is 637. The van der Waals surface area contributed by atoms with E-state index < -0.39 is 28.1 Å². The molecule has 0 radical (unpaired) electrons. The van der Waals surface area contributed by atoms with Crippen molar-refractivity contribution < 1.29 is 14.4 Å². The van der Waals surface area contributed by atoms with Crippen LogP contribution in [0.25, 0.3) is 0 Å². The third-order valence-corrected chi connectivity index (χ3v) is 9.02. The Morgan fingerprint density at radius 2 is 0.933 bits per heavy atom. The van der Waals surface area contributed by atoms with Crippen molar-refractivity contribution in [3.8, 4) is 0 Å². The van der Waals surface area contributed by atoms with Crippen molar-refractivity contribution in [2.75, 3.05) is 0 Å². The Hall–Kier alpha value is -0.990. The summed E-state index contributed by atoms with van der Waals surface area (Å²) in [7, 11) is 0. The molecule has 3 nitrogen and oxygen atoms in total. The quantitative estimate of drug-likeness (QED) is 0.355. The van der Waals surface area contributed by atoms with Crippen LogP contribution in [0, 0.1) is 45.3 Å². The van der Waals surface area contributed by atoms with Crippen molar-refractivity contribution in [2.24, 2.45) is 45.3 Å². The average molecular weight is 423 g/mol. The van der Waals surface area contributed by atoms with Gasteiger partial charge in [0, 0.05) is 34.0 Å². The maximum Gasteiger partial charge on any atom is 0.142 e. The molecule has 5 atom stereocenters. The van der Waals surface area contributed by atoms with E-state index in [-0.39, 0.29) is 34.6 Å². The summed E-state index contributed by atoms with van der Waals surface area (Å²) in [5.41, 5.74) is -2.18. The van der Waals surface area contributed by atoms with E-state index in [0.717, 1.165) is 6.42 Å². The summed E-state index contributed by atoms with van der Waals surface area (Å²) in [6.45, 7) is 27.9. The van der Waals surface area contributed by atoms with Gasteiger partial charge in [-0.3, -0.25) is 14.4 Å². The fraction of sp³-hybridized carbons (Fsp3) is 0.889. The molecule has 0 fully saturated rings. The zero-order valence-corrected chi connectivity index (χ0v) is 22.4. The molecule has 0 N–H and O–H groups in total. The fourth-order valence-corrected chi connectivity index (χ4v) is 4.33. The van der Waals surface area contributed by atoms with Gasteiger partial charge in [-0.2, -0.15) is 0 Å². The van der Waals surface area contributed by atoms with Crippen molar-refractivity contribution in [3.05, 3.63) is 0 Å². The molecule has 0 aromatic carbocycles.